The summed E-state index contributed by atoms with van der Waals surface area (Å²) in [7, 11) is 0. The average Bonchev–Trinajstić information content (AvgIpc) is 3.29. The zero-order chi connectivity index (χ0) is 18.8. The number of aryl methyl sites for hydroxylation is 1. The molecule has 8 heteroatoms. The first kappa shape index (κ1) is 18.1. The highest BCUT2D eigenvalue weighted by atomic mass is 79.9. The Hall–Kier alpha value is -2.29. The Balaban J connectivity index is 1.41. The monoisotopic (exact) mass is 442 g/mol. The quantitative estimate of drug-likeness (QED) is 0.417. The van der Waals surface area contributed by atoms with Crippen LogP contribution in [0.3, 0.4) is 0 Å². The summed E-state index contributed by atoms with van der Waals surface area (Å²) < 4.78 is 1.09. The van der Waals surface area contributed by atoms with Crippen molar-refractivity contribution in [2.45, 2.75) is 19.4 Å². The zero-order valence-electron chi connectivity index (χ0n) is 14.7. The van der Waals surface area contributed by atoms with Crippen molar-refractivity contribution < 1.29 is 0 Å². The lowest BCUT2D eigenvalue weighted by molar-refractivity contribution is 0.696. The predicted octanol–water partition coefficient (Wildman–Crippen LogP) is 4.13. The molecule has 27 heavy (non-hydrogen) atoms. The van der Waals surface area contributed by atoms with Crippen molar-refractivity contribution >= 4 is 43.3 Å². The summed E-state index contributed by atoms with van der Waals surface area (Å²) in [5.41, 5.74) is 10.5. The van der Waals surface area contributed by atoms with E-state index in [9.17, 15) is 0 Å². The van der Waals surface area contributed by atoms with E-state index in [-0.39, 0.29) is 6.04 Å². The Morgan fingerprint density at radius 3 is 2.93 bits per heavy atom. The maximum absolute atomic E-state index is 6.27. The van der Waals surface area contributed by atoms with E-state index >= 15 is 0 Å². The molecule has 0 amide bonds. The van der Waals surface area contributed by atoms with Gasteiger partial charge in [0.15, 0.2) is 0 Å². The first-order valence-corrected chi connectivity index (χ1v) is 10.2. The molecule has 4 rings (SSSR count). The first-order valence-electron chi connectivity index (χ1n) is 8.61. The number of nitrogens with two attached hydrogens (primary N) is 1. The fraction of sp³-hybridized carbons (Fsp3) is 0.211. The van der Waals surface area contributed by atoms with Crippen LogP contribution in [0, 0.1) is 6.92 Å². The number of anilines is 1. The van der Waals surface area contributed by atoms with Crippen molar-refractivity contribution in [1.29, 1.82) is 0 Å². The average molecular weight is 443 g/mol. The van der Waals surface area contributed by atoms with Crippen molar-refractivity contribution in [1.82, 2.24) is 20.4 Å². The number of hydrogen-bond acceptors (Lipinski definition) is 6. The van der Waals surface area contributed by atoms with Gasteiger partial charge in [-0.05, 0) is 43.2 Å². The molecule has 6 nitrogen and oxygen atoms in total. The van der Waals surface area contributed by atoms with Crippen LogP contribution in [0.25, 0.3) is 21.5 Å². The molecule has 138 valence electrons. The summed E-state index contributed by atoms with van der Waals surface area (Å²) in [6.45, 7) is 2.62. The van der Waals surface area contributed by atoms with E-state index in [0.29, 0.717) is 6.54 Å². The number of fused-ring (bicyclic) bond motifs is 1. The number of halogens is 1. The van der Waals surface area contributed by atoms with Crippen LogP contribution in [0.5, 0.6) is 0 Å². The molecule has 0 fully saturated rings. The third-order valence-corrected chi connectivity index (χ3v) is 6.08. The summed E-state index contributed by atoms with van der Waals surface area (Å²) in [5.74, 6) is 0. The van der Waals surface area contributed by atoms with Crippen molar-refractivity contribution in [3.8, 4) is 10.6 Å². The van der Waals surface area contributed by atoms with Gasteiger partial charge in [-0.1, -0.05) is 45.5 Å². The molecule has 1 unspecified atom stereocenters. The fourth-order valence-electron chi connectivity index (χ4n) is 2.93. The second kappa shape index (κ2) is 7.75. The molecule has 4 N–H and O–H groups in total. The lowest BCUT2D eigenvalue weighted by Gasteiger charge is -2.13. The molecule has 0 aliphatic heterocycles. The summed E-state index contributed by atoms with van der Waals surface area (Å²) in [4.78, 5) is 0. The fourth-order valence-corrected chi connectivity index (χ4v) is 4.12. The molecule has 4 aromatic rings. The number of H-pyrrole nitrogens is 1. The number of hydrogen-bond donors (Lipinski definition) is 3. The van der Waals surface area contributed by atoms with Crippen molar-refractivity contribution in [2.75, 3.05) is 11.9 Å². The highest BCUT2D eigenvalue weighted by Crippen LogP contribution is 2.29. The Bertz CT molecular complexity index is 1070. The minimum atomic E-state index is -0.0130. The molecular formula is C19H19BrN6S. The minimum absolute atomic E-state index is 0.0130. The van der Waals surface area contributed by atoms with Gasteiger partial charge in [0.2, 0.25) is 5.13 Å². The zero-order valence-corrected chi connectivity index (χ0v) is 17.1. The van der Waals surface area contributed by atoms with Gasteiger partial charge in [-0.3, -0.25) is 5.10 Å². The molecule has 1 atom stereocenters. The van der Waals surface area contributed by atoms with Gasteiger partial charge in [-0.15, -0.1) is 10.2 Å². The maximum atomic E-state index is 6.27. The third kappa shape index (κ3) is 4.02. The molecule has 0 bridgehead atoms. The van der Waals surface area contributed by atoms with Crippen LogP contribution >= 0.6 is 27.3 Å². The van der Waals surface area contributed by atoms with E-state index in [1.807, 2.05) is 37.3 Å². The highest BCUT2D eigenvalue weighted by Gasteiger charge is 2.11. The summed E-state index contributed by atoms with van der Waals surface area (Å²) in [5, 5.41) is 21.9. The van der Waals surface area contributed by atoms with Crippen LogP contribution in [-0.4, -0.2) is 33.0 Å². The maximum Gasteiger partial charge on any atom is 0.206 e. The van der Waals surface area contributed by atoms with E-state index in [1.54, 1.807) is 0 Å². The van der Waals surface area contributed by atoms with Gasteiger partial charge in [0.05, 0.1) is 11.2 Å². The van der Waals surface area contributed by atoms with E-state index in [2.05, 4.69) is 53.8 Å². The molecular weight excluding hydrogens is 424 g/mol. The van der Waals surface area contributed by atoms with Crippen LogP contribution < -0.4 is 11.1 Å². The Morgan fingerprint density at radius 2 is 2.07 bits per heavy atom. The number of nitrogens with one attached hydrogen (secondary N) is 2. The predicted molar refractivity (Wildman–Crippen MR) is 114 cm³/mol. The largest absolute Gasteiger partial charge is 0.359 e. The number of aromatic amines is 1. The van der Waals surface area contributed by atoms with E-state index < -0.39 is 0 Å². The number of rotatable bonds is 6. The third-order valence-electron chi connectivity index (χ3n) is 4.38. The van der Waals surface area contributed by atoms with E-state index in [1.165, 1.54) is 16.9 Å². The molecule has 2 aromatic heterocycles. The second-order valence-corrected chi connectivity index (χ2v) is 8.25. The highest BCUT2D eigenvalue weighted by molar-refractivity contribution is 9.10. The van der Waals surface area contributed by atoms with Crippen LogP contribution in [0.4, 0.5) is 5.13 Å². The molecule has 0 saturated carbocycles. The lowest BCUT2D eigenvalue weighted by atomic mass is 10.1. The molecule has 2 heterocycles. The van der Waals surface area contributed by atoms with Gasteiger partial charge in [0.25, 0.3) is 0 Å². The smallest absolute Gasteiger partial charge is 0.206 e. The summed E-state index contributed by atoms with van der Waals surface area (Å²) >= 11 is 5.09. The van der Waals surface area contributed by atoms with Gasteiger partial charge in [-0.2, -0.15) is 5.10 Å². The van der Waals surface area contributed by atoms with Crippen LogP contribution in [-0.2, 0) is 6.42 Å². The van der Waals surface area contributed by atoms with Crippen molar-refractivity contribution in [3.63, 3.8) is 0 Å². The Labute approximate surface area is 169 Å². The molecule has 2 aromatic carbocycles. The normalized spacial score (nSPS) is 12.4. The number of nitrogens with zero attached hydrogens (tertiary/aromatic N) is 3. The molecule has 0 radical (unpaired) electrons. The minimum Gasteiger partial charge on any atom is -0.359 e. The summed E-state index contributed by atoms with van der Waals surface area (Å²) in [6, 6.07) is 14.3. The lowest BCUT2D eigenvalue weighted by Crippen LogP contribution is -2.31. The van der Waals surface area contributed by atoms with E-state index in [0.717, 1.165) is 43.2 Å². The standard InChI is InChI=1S/C19H19BrN6S/c1-11-15-9-13(6-7-17(15)24-23-11)18-25-26-19(27-18)22-10-14(21)8-12-4-2-3-5-16(12)20/h2-7,9,14H,8,10,21H2,1H3,(H,22,26)(H,23,24). The molecule has 0 saturated heterocycles. The topological polar surface area (TPSA) is 92.5 Å². The van der Waals surface area contributed by atoms with E-state index in [4.69, 9.17) is 5.73 Å². The van der Waals surface area contributed by atoms with Gasteiger partial charge < -0.3 is 11.1 Å². The number of benzene rings is 2. The van der Waals surface area contributed by atoms with Gasteiger partial charge in [0.1, 0.15) is 5.01 Å². The summed E-state index contributed by atoms with van der Waals surface area (Å²) in [6.07, 6.45) is 0.788. The SMILES string of the molecule is Cc1n[nH]c2ccc(-c3nnc(NCC(N)Cc4ccccc4Br)s3)cc12. The van der Waals surface area contributed by atoms with Crippen LogP contribution in [0.2, 0.25) is 0 Å². The Morgan fingerprint density at radius 1 is 1.22 bits per heavy atom. The second-order valence-electron chi connectivity index (χ2n) is 6.42. The first-order chi connectivity index (χ1) is 13.1. The van der Waals surface area contributed by atoms with Crippen molar-refractivity contribution in [2.24, 2.45) is 5.73 Å². The van der Waals surface area contributed by atoms with Gasteiger partial charge >= 0.3 is 0 Å². The molecule has 0 spiro atoms. The van der Waals surface area contributed by atoms with Crippen molar-refractivity contribution in [3.05, 3.63) is 58.2 Å². The molecule has 0 aliphatic carbocycles. The molecule has 0 aliphatic rings. The van der Waals surface area contributed by atoms with Crippen LogP contribution in [0.1, 0.15) is 11.3 Å². The van der Waals surface area contributed by atoms with Crippen LogP contribution in [0.15, 0.2) is 46.9 Å². The number of aromatic nitrogens is 4. The Kier molecular flexibility index (Phi) is 5.20. The van der Waals surface area contributed by atoms with Gasteiger partial charge in [-0.25, -0.2) is 0 Å². The van der Waals surface area contributed by atoms with Gasteiger partial charge in [0, 0.05) is 28.0 Å².